The number of rotatable bonds is 7. The van der Waals surface area contributed by atoms with Crippen LogP contribution in [0, 0.1) is 0 Å². The van der Waals surface area contributed by atoms with Crippen molar-refractivity contribution < 1.29 is 5.11 Å². The van der Waals surface area contributed by atoms with Crippen LogP contribution in [-0.4, -0.2) is 24.6 Å². The van der Waals surface area contributed by atoms with E-state index in [4.69, 9.17) is 4.98 Å². The molecule has 3 aromatic heterocycles. The van der Waals surface area contributed by atoms with E-state index in [2.05, 4.69) is 29.0 Å². The highest BCUT2D eigenvalue weighted by atomic mass is 32.1. The van der Waals surface area contributed by atoms with Crippen LogP contribution in [0.3, 0.4) is 0 Å². The number of benzene rings is 3. The number of thiazole rings is 1. The first kappa shape index (κ1) is 25.0. The fourth-order valence-corrected chi connectivity index (χ4v) is 6.12. The summed E-state index contributed by atoms with van der Waals surface area (Å²) >= 11 is 1.41. The predicted octanol–water partition coefficient (Wildman–Crippen LogP) is 6.29. The van der Waals surface area contributed by atoms with E-state index in [1.807, 2.05) is 77.7 Å². The average Bonchev–Trinajstić information content (AvgIpc) is 3.63. The van der Waals surface area contributed by atoms with Gasteiger partial charge >= 0.3 is 0 Å². The Labute approximate surface area is 230 Å². The van der Waals surface area contributed by atoms with E-state index in [0.29, 0.717) is 21.8 Å². The maximum absolute atomic E-state index is 12.6. The lowest BCUT2D eigenvalue weighted by Crippen LogP contribution is -2.31. The van der Waals surface area contributed by atoms with Crippen molar-refractivity contribution in [3.63, 3.8) is 0 Å². The number of aliphatic hydroxyl groups is 1. The lowest BCUT2D eigenvalue weighted by molar-refractivity contribution is 0.117. The van der Waals surface area contributed by atoms with Crippen LogP contribution < -0.4 is 5.56 Å². The second kappa shape index (κ2) is 10.1. The lowest BCUT2D eigenvalue weighted by atomic mass is 9.88. The second-order valence-electron chi connectivity index (χ2n) is 9.76. The van der Waals surface area contributed by atoms with Crippen LogP contribution in [0.5, 0.6) is 0 Å². The summed E-state index contributed by atoms with van der Waals surface area (Å²) in [5.41, 5.74) is 5.03. The quantitative estimate of drug-likeness (QED) is 0.253. The van der Waals surface area contributed by atoms with E-state index in [9.17, 15) is 9.90 Å². The van der Waals surface area contributed by atoms with E-state index in [0.717, 1.165) is 40.6 Å². The van der Waals surface area contributed by atoms with Crippen molar-refractivity contribution in [3.05, 3.63) is 129 Å². The molecule has 2 N–H and O–H groups in total. The van der Waals surface area contributed by atoms with Crippen LogP contribution in [0.4, 0.5) is 0 Å². The molecule has 39 heavy (non-hydrogen) atoms. The zero-order chi connectivity index (χ0) is 27.0. The van der Waals surface area contributed by atoms with E-state index in [1.165, 1.54) is 16.9 Å². The van der Waals surface area contributed by atoms with Gasteiger partial charge in [-0.15, -0.1) is 11.3 Å². The number of hydrogen-bond acceptors (Lipinski definition) is 5. The van der Waals surface area contributed by atoms with Crippen LogP contribution >= 0.6 is 11.3 Å². The number of hydrogen-bond donors (Lipinski definition) is 2. The smallest absolute Gasteiger partial charge is 0.249 e. The first-order valence-electron chi connectivity index (χ1n) is 12.9. The van der Waals surface area contributed by atoms with E-state index in [1.54, 1.807) is 18.6 Å². The molecule has 3 aromatic carbocycles. The molecule has 1 unspecified atom stereocenters. The zero-order valence-corrected chi connectivity index (χ0v) is 22.6. The van der Waals surface area contributed by atoms with E-state index < -0.39 is 5.60 Å². The Morgan fingerprint density at radius 1 is 1.00 bits per heavy atom. The summed E-state index contributed by atoms with van der Waals surface area (Å²) in [5, 5.41) is 15.9. The largest absolute Gasteiger partial charge is 0.372 e. The molecule has 0 saturated carbocycles. The molecule has 0 aliphatic rings. The van der Waals surface area contributed by atoms with Gasteiger partial charge in [0.1, 0.15) is 5.01 Å². The topological polar surface area (TPSA) is 83.8 Å². The molecular weight excluding hydrogens is 504 g/mol. The molecule has 6 rings (SSSR count). The molecule has 6 nitrogen and oxygen atoms in total. The van der Waals surface area contributed by atoms with Gasteiger partial charge in [-0.05, 0) is 40.8 Å². The number of fused-ring (bicyclic) bond motifs is 1. The Bertz CT molecular complexity index is 1840. The minimum absolute atomic E-state index is 0.166. The molecule has 0 bridgehead atoms. The molecular formula is C32H28N4O2S. The number of aromatic nitrogens is 4. The first-order valence-corrected chi connectivity index (χ1v) is 13.8. The van der Waals surface area contributed by atoms with Crippen molar-refractivity contribution in [2.75, 3.05) is 0 Å². The number of nitrogens with zero attached hydrogens (tertiary/aromatic N) is 3. The molecule has 0 aliphatic heterocycles. The molecule has 0 aliphatic carbocycles. The van der Waals surface area contributed by atoms with Gasteiger partial charge in [0, 0.05) is 35.0 Å². The number of H-pyrrole nitrogens is 1. The van der Waals surface area contributed by atoms with Gasteiger partial charge in [0.05, 0.1) is 23.9 Å². The zero-order valence-electron chi connectivity index (χ0n) is 21.8. The third kappa shape index (κ3) is 4.50. The number of imidazole rings is 1. The molecule has 0 fully saturated rings. The van der Waals surface area contributed by atoms with Crippen LogP contribution in [0.25, 0.3) is 33.3 Å². The summed E-state index contributed by atoms with van der Waals surface area (Å²) in [4.78, 5) is 24.8. The van der Waals surface area contributed by atoms with Crippen LogP contribution in [0.2, 0.25) is 0 Å². The molecule has 6 aromatic rings. The second-order valence-corrected chi connectivity index (χ2v) is 10.6. The standard InChI is InChI=1S/C32H28N4O2S/c1-3-8-21-9-7-12-23(15-21)25-17-30(37)34-27-14-13-24(16-26(25)27)32(38,29-18-33-20-36(29)2)31-35-28(19-39-31)22-10-5-4-6-11-22/h4-7,9-20,38H,3,8H2,1-2H3,(H,34,37). The molecule has 1 atom stereocenters. The highest BCUT2D eigenvalue weighted by Gasteiger charge is 2.40. The van der Waals surface area contributed by atoms with Gasteiger partial charge in [-0.25, -0.2) is 9.97 Å². The molecule has 0 spiro atoms. The summed E-state index contributed by atoms with van der Waals surface area (Å²) in [6.45, 7) is 2.16. The molecule has 0 radical (unpaired) electrons. The van der Waals surface area contributed by atoms with Crippen LogP contribution in [0.15, 0.2) is 102 Å². The van der Waals surface area contributed by atoms with Gasteiger partial charge in [-0.3, -0.25) is 4.79 Å². The average molecular weight is 533 g/mol. The Morgan fingerprint density at radius 3 is 2.59 bits per heavy atom. The fraction of sp³-hybridized carbons (Fsp3) is 0.156. The van der Waals surface area contributed by atoms with Crippen LogP contribution in [0.1, 0.15) is 35.2 Å². The fourth-order valence-electron chi connectivity index (χ4n) is 5.17. The molecule has 3 heterocycles. The first-order chi connectivity index (χ1) is 19.0. The summed E-state index contributed by atoms with van der Waals surface area (Å²) in [6.07, 6.45) is 5.36. The molecule has 0 amide bonds. The Kier molecular flexibility index (Phi) is 6.46. The Hall–Kier alpha value is -4.33. The highest BCUT2D eigenvalue weighted by Crippen LogP contribution is 2.41. The Morgan fingerprint density at radius 2 is 1.82 bits per heavy atom. The third-order valence-corrected chi connectivity index (χ3v) is 8.06. The maximum Gasteiger partial charge on any atom is 0.249 e. The summed E-state index contributed by atoms with van der Waals surface area (Å²) in [6, 6.07) is 25.6. The van der Waals surface area contributed by atoms with Crippen LogP contribution in [-0.2, 0) is 19.1 Å². The van der Waals surface area contributed by atoms with Gasteiger partial charge in [0.25, 0.3) is 0 Å². The summed E-state index contributed by atoms with van der Waals surface area (Å²) < 4.78 is 1.82. The monoisotopic (exact) mass is 532 g/mol. The van der Waals surface area contributed by atoms with E-state index in [-0.39, 0.29) is 5.56 Å². The van der Waals surface area contributed by atoms with Gasteiger partial charge in [-0.1, -0.05) is 74.0 Å². The molecule has 7 heteroatoms. The summed E-state index contributed by atoms with van der Waals surface area (Å²) in [7, 11) is 1.86. The van der Waals surface area contributed by atoms with Crippen molar-refractivity contribution in [2.45, 2.75) is 25.4 Å². The molecule has 0 saturated heterocycles. The Balaban J connectivity index is 1.57. The van der Waals surface area contributed by atoms with Crippen molar-refractivity contribution >= 4 is 22.2 Å². The van der Waals surface area contributed by atoms with Gasteiger partial charge < -0.3 is 14.7 Å². The van der Waals surface area contributed by atoms with Gasteiger partial charge in [-0.2, -0.15) is 0 Å². The number of nitrogens with one attached hydrogen (secondary N) is 1. The summed E-state index contributed by atoms with van der Waals surface area (Å²) in [5.74, 6) is 0. The van der Waals surface area contributed by atoms with Gasteiger partial charge in [0.15, 0.2) is 5.60 Å². The third-order valence-electron chi connectivity index (χ3n) is 7.11. The van der Waals surface area contributed by atoms with Gasteiger partial charge in [0.2, 0.25) is 5.56 Å². The van der Waals surface area contributed by atoms with Crippen molar-refractivity contribution in [1.82, 2.24) is 19.5 Å². The minimum Gasteiger partial charge on any atom is -0.372 e. The minimum atomic E-state index is -1.56. The normalized spacial score (nSPS) is 13.0. The molecule has 194 valence electrons. The number of aromatic amines is 1. The maximum atomic E-state index is 12.6. The number of pyridine rings is 1. The lowest BCUT2D eigenvalue weighted by Gasteiger charge is -2.27. The predicted molar refractivity (Wildman–Crippen MR) is 157 cm³/mol. The van der Waals surface area contributed by atoms with Crippen molar-refractivity contribution in [3.8, 4) is 22.4 Å². The number of aryl methyl sites for hydroxylation is 2. The van der Waals surface area contributed by atoms with Crippen molar-refractivity contribution in [1.29, 1.82) is 0 Å². The SMILES string of the molecule is CCCc1cccc(-c2cc(=O)[nH]c3ccc(C(O)(c4nc(-c5ccccc5)cs4)c4cncn4C)cc23)c1. The highest BCUT2D eigenvalue weighted by molar-refractivity contribution is 7.10. The van der Waals surface area contributed by atoms with Crippen molar-refractivity contribution in [2.24, 2.45) is 7.05 Å². The van der Waals surface area contributed by atoms with E-state index >= 15 is 0 Å².